The summed E-state index contributed by atoms with van der Waals surface area (Å²) >= 11 is 0. The maximum Gasteiger partial charge on any atom is 0.163 e. The molecule has 0 aliphatic carbocycles. The van der Waals surface area contributed by atoms with Crippen molar-refractivity contribution in [3.8, 4) is 5.75 Å². The largest absolute Gasteiger partial charge is 0.505 e. The molecule has 4 N–H and O–H groups in total. The summed E-state index contributed by atoms with van der Waals surface area (Å²) in [5, 5.41) is 30.2. The molecule has 16 heavy (non-hydrogen) atoms. The monoisotopic (exact) mass is 225 g/mol. The Bertz CT molecular complexity index is 378. The van der Waals surface area contributed by atoms with E-state index in [4.69, 9.17) is 10.2 Å². The molecule has 1 rings (SSSR count). The van der Waals surface area contributed by atoms with Crippen molar-refractivity contribution in [2.45, 2.75) is 13.0 Å². The Morgan fingerprint density at radius 2 is 2.19 bits per heavy atom. The average Bonchev–Trinajstić information content (AvgIpc) is 2.26. The van der Waals surface area contributed by atoms with Gasteiger partial charge in [0.2, 0.25) is 0 Å². The van der Waals surface area contributed by atoms with Crippen LogP contribution in [0.15, 0.2) is 18.2 Å². The average molecular weight is 225 g/mol. The third kappa shape index (κ3) is 2.95. The summed E-state index contributed by atoms with van der Waals surface area (Å²) in [7, 11) is 0. The Hall–Kier alpha value is -1.59. The van der Waals surface area contributed by atoms with Crippen molar-refractivity contribution in [2.24, 2.45) is 0 Å². The number of benzene rings is 1. The van der Waals surface area contributed by atoms with Gasteiger partial charge in [-0.1, -0.05) is 6.07 Å². The van der Waals surface area contributed by atoms with Crippen molar-refractivity contribution in [1.82, 2.24) is 0 Å². The van der Waals surface area contributed by atoms with Crippen LogP contribution in [0.5, 0.6) is 5.75 Å². The lowest BCUT2D eigenvalue weighted by Crippen LogP contribution is -2.23. The molecular weight excluding hydrogens is 210 g/mol. The van der Waals surface area contributed by atoms with Crippen LogP contribution in [0.2, 0.25) is 0 Å². The molecule has 1 unspecified atom stereocenters. The van der Waals surface area contributed by atoms with Crippen molar-refractivity contribution in [1.29, 1.82) is 0 Å². The highest BCUT2D eigenvalue weighted by Gasteiger charge is 2.11. The standard InChI is InChI=1S/C11H15NO4/c1-7(14)9-3-2-4-10(11(9)16)12-5-8(15)6-13/h2-4,8,12-13,15-16H,5-6H2,1H3. The molecule has 0 saturated carbocycles. The van der Waals surface area contributed by atoms with E-state index in [-0.39, 0.29) is 30.2 Å². The van der Waals surface area contributed by atoms with Crippen LogP contribution in [-0.2, 0) is 0 Å². The maximum absolute atomic E-state index is 11.1. The number of Topliss-reactive ketones (excluding diaryl/α,β-unsaturated/α-hetero) is 1. The van der Waals surface area contributed by atoms with Gasteiger partial charge in [-0.3, -0.25) is 4.79 Å². The molecule has 0 aliphatic rings. The topological polar surface area (TPSA) is 89.8 Å². The van der Waals surface area contributed by atoms with Crippen molar-refractivity contribution in [3.63, 3.8) is 0 Å². The van der Waals surface area contributed by atoms with Crippen molar-refractivity contribution < 1.29 is 20.1 Å². The van der Waals surface area contributed by atoms with Crippen LogP contribution in [0, 0.1) is 0 Å². The van der Waals surface area contributed by atoms with Gasteiger partial charge in [0.05, 0.1) is 24.0 Å². The number of ketones is 1. The van der Waals surface area contributed by atoms with Gasteiger partial charge in [0, 0.05) is 6.54 Å². The number of anilines is 1. The van der Waals surface area contributed by atoms with Crippen LogP contribution < -0.4 is 5.32 Å². The van der Waals surface area contributed by atoms with E-state index in [1.807, 2.05) is 0 Å². The van der Waals surface area contributed by atoms with E-state index >= 15 is 0 Å². The second kappa shape index (κ2) is 5.48. The summed E-state index contributed by atoms with van der Waals surface area (Å²) in [4.78, 5) is 11.1. The highest BCUT2D eigenvalue weighted by molar-refractivity contribution is 5.98. The fourth-order valence-corrected chi connectivity index (χ4v) is 1.26. The molecule has 5 heteroatoms. The zero-order chi connectivity index (χ0) is 12.1. The molecule has 0 aromatic heterocycles. The molecule has 88 valence electrons. The zero-order valence-electron chi connectivity index (χ0n) is 8.97. The van der Waals surface area contributed by atoms with Gasteiger partial charge in [-0.05, 0) is 19.1 Å². The molecule has 0 bridgehead atoms. The second-order valence-electron chi connectivity index (χ2n) is 3.48. The Morgan fingerprint density at radius 1 is 1.50 bits per heavy atom. The summed E-state index contributed by atoms with van der Waals surface area (Å²) in [5.74, 6) is -0.371. The normalized spacial score (nSPS) is 12.2. The number of nitrogens with one attached hydrogen (secondary N) is 1. The lowest BCUT2D eigenvalue weighted by molar-refractivity contribution is 0.101. The first kappa shape index (κ1) is 12.5. The molecule has 0 amide bonds. The third-order valence-electron chi connectivity index (χ3n) is 2.15. The summed E-state index contributed by atoms with van der Waals surface area (Å²) in [6, 6.07) is 4.74. The fraction of sp³-hybridized carbons (Fsp3) is 0.364. The quantitative estimate of drug-likeness (QED) is 0.429. The van der Waals surface area contributed by atoms with Gasteiger partial charge in [-0.15, -0.1) is 0 Å². The molecule has 0 spiro atoms. The molecule has 0 heterocycles. The molecule has 1 aromatic rings. The van der Waals surface area contributed by atoms with Crippen molar-refractivity contribution in [2.75, 3.05) is 18.5 Å². The summed E-state index contributed by atoms with van der Waals surface area (Å²) in [5.41, 5.74) is 0.587. The lowest BCUT2D eigenvalue weighted by Gasteiger charge is -2.12. The molecule has 5 nitrogen and oxygen atoms in total. The van der Waals surface area contributed by atoms with Crippen molar-refractivity contribution in [3.05, 3.63) is 23.8 Å². The number of aromatic hydroxyl groups is 1. The smallest absolute Gasteiger partial charge is 0.163 e. The minimum absolute atomic E-state index is 0.103. The zero-order valence-corrected chi connectivity index (χ0v) is 8.97. The lowest BCUT2D eigenvalue weighted by atomic mass is 10.1. The van der Waals surface area contributed by atoms with Crippen LogP contribution in [0.25, 0.3) is 0 Å². The Morgan fingerprint density at radius 3 is 2.75 bits per heavy atom. The second-order valence-corrected chi connectivity index (χ2v) is 3.48. The summed E-state index contributed by atoms with van der Waals surface area (Å²) in [6.07, 6.45) is -0.902. The van der Waals surface area contributed by atoms with Gasteiger partial charge >= 0.3 is 0 Å². The minimum atomic E-state index is -0.902. The van der Waals surface area contributed by atoms with Gasteiger partial charge in [-0.2, -0.15) is 0 Å². The minimum Gasteiger partial charge on any atom is -0.505 e. The molecule has 0 fully saturated rings. The highest BCUT2D eigenvalue weighted by atomic mass is 16.3. The molecule has 0 aliphatic heterocycles. The predicted octanol–water partition coefficient (Wildman–Crippen LogP) is 0.360. The number of rotatable bonds is 5. The number of hydrogen-bond donors (Lipinski definition) is 4. The van der Waals surface area contributed by atoms with E-state index in [0.717, 1.165) is 0 Å². The van der Waals surface area contributed by atoms with Crippen molar-refractivity contribution >= 4 is 11.5 Å². The number of phenolic OH excluding ortho intramolecular Hbond substituents is 1. The number of carbonyl (C=O) groups is 1. The Balaban J connectivity index is 2.81. The number of aliphatic hydroxyl groups excluding tert-OH is 2. The van der Waals surface area contributed by atoms with E-state index in [0.29, 0.717) is 5.69 Å². The number of phenols is 1. The summed E-state index contributed by atoms with van der Waals surface area (Å²) in [6.45, 7) is 1.10. The first-order valence-corrected chi connectivity index (χ1v) is 4.92. The van der Waals surface area contributed by atoms with E-state index in [1.165, 1.54) is 13.0 Å². The molecule has 1 aromatic carbocycles. The van der Waals surface area contributed by atoms with Crippen LogP contribution in [0.1, 0.15) is 17.3 Å². The molecular formula is C11H15NO4. The van der Waals surface area contributed by atoms with Crippen LogP contribution in [0.3, 0.4) is 0 Å². The predicted molar refractivity (Wildman–Crippen MR) is 59.7 cm³/mol. The number of aliphatic hydroxyl groups is 2. The molecule has 0 radical (unpaired) electrons. The van der Waals surface area contributed by atoms with Gasteiger partial charge in [0.1, 0.15) is 5.75 Å². The number of carbonyl (C=O) groups excluding carboxylic acids is 1. The van der Waals surface area contributed by atoms with Crippen LogP contribution in [-0.4, -0.2) is 40.4 Å². The molecule has 0 saturated heterocycles. The highest BCUT2D eigenvalue weighted by Crippen LogP contribution is 2.27. The first-order chi connectivity index (χ1) is 7.56. The van der Waals surface area contributed by atoms with Gasteiger partial charge in [-0.25, -0.2) is 0 Å². The Kier molecular flexibility index (Phi) is 4.28. The van der Waals surface area contributed by atoms with E-state index in [9.17, 15) is 9.90 Å². The van der Waals surface area contributed by atoms with Crippen LogP contribution >= 0.6 is 0 Å². The summed E-state index contributed by atoms with van der Waals surface area (Å²) < 4.78 is 0. The first-order valence-electron chi connectivity index (χ1n) is 4.92. The SMILES string of the molecule is CC(=O)c1cccc(NCC(O)CO)c1O. The molecule has 1 atom stereocenters. The third-order valence-corrected chi connectivity index (χ3v) is 2.15. The fourth-order valence-electron chi connectivity index (χ4n) is 1.26. The van der Waals surface area contributed by atoms with E-state index in [1.54, 1.807) is 12.1 Å². The maximum atomic E-state index is 11.1. The van der Waals surface area contributed by atoms with Crippen LogP contribution in [0.4, 0.5) is 5.69 Å². The van der Waals surface area contributed by atoms with Gasteiger partial charge in [0.25, 0.3) is 0 Å². The number of para-hydroxylation sites is 1. The van der Waals surface area contributed by atoms with E-state index < -0.39 is 6.10 Å². The Labute approximate surface area is 93.4 Å². The van der Waals surface area contributed by atoms with Gasteiger partial charge < -0.3 is 20.6 Å². The number of hydrogen-bond acceptors (Lipinski definition) is 5. The van der Waals surface area contributed by atoms with E-state index in [2.05, 4.69) is 5.32 Å². The van der Waals surface area contributed by atoms with Gasteiger partial charge in [0.15, 0.2) is 5.78 Å².